The fourth-order valence-corrected chi connectivity index (χ4v) is 2.18. The van der Waals surface area contributed by atoms with Crippen LogP contribution in [0.25, 0.3) is 0 Å². The summed E-state index contributed by atoms with van der Waals surface area (Å²) in [4.78, 5) is 2.09. The van der Waals surface area contributed by atoms with Gasteiger partial charge < -0.3 is 10.0 Å². The van der Waals surface area contributed by atoms with Crippen molar-refractivity contribution in [3.05, 3.63) is 59.9 Å². The molecule has 20 heavy (non-hydrogen) atoms. The van der Waals surface area contributed by atoms with Crippen LogP contribution in [0.1, 0.15) is 18.9 Å². The average Bonchev–Trinajstić information content (AvgIpc) is 2.45. The van der Waals surface area contributed by atoms with Crippen molar-refractivity contribution in [1.82, 2.24) is 0 Å². The molecule has 1 N–H and O–H groups in total. The largest absolute Gasteiger partial charge is 0.508 e. The number of hydrogen-bond acceptors (Lipinski definition) is 2. The van der Waals surface area contributed by atoms with Gasteiger partial charge >= 0.3 is 0 Å². The monoisotopic (exact) mass is 273 g/mol. The van der Waals surface area contributed by atoms with E-state index >= 15 is 0 Å². The summed E-state index contributed by atoms with van der Waals surface area (Å²) < 4.78 is 13.2. The van der Waals surface area contributed by atoms with Crippen LogP contribution in [0.3, 0.4) is 0 Å². The molecular formula is C17H20FNO. The zero-order chi connectivity index (χ0) is 14.5. The van der Waals surface area contributed by atoms with Crippen molar-refractivity contribution < 1.29 is 9.50 Å². The number of benzene rings is 2. The lowest BCUT2D eigenvalue weighted by Crippen LogP contribution is -2.29. The van der Waals surface area contributed by atoms with E-state index in [1.54, 1.807) is 24.3 Å². The van der Waals surface area contributed by atoms with E-state index in [-0.39, 0.29) is 5.82 Å². The molecule has 0 fully saturated rings. The lowest BCUT2D eigenvalue weighted by atomic mass is 10.0. The molecule has 1 unspecified atom stereocenters. The molecule has 0 radical (unpaired) electrons. The van der Waals surface area contributed by atoms with E-state index in [4.69, 9.17) is 0 Å². The fraction of sp³-hybridized carbons (Fsp3) is 0.294. The number of phenolic OH excluding ortho intramolecular Hbond substituents is 1. The molecule has 0 aliphatic rings. The van der Waals surface area contributed by atoms with Gasteiger partial charge in [-0.2, -0.15) is 0 Å². The topological polar surface area (TPSA) is 23.5 Å². The molecule has 3 heteroatoms. The highest BCUT2D eigenvalue weighted by Gasteiger charge is 2.10. The van der Waals surface area contributed by atoms with Gasteiger partial charge in [0.2, 0.25) is 0 Å². The minimum atomic E-state index is -0.208. The van der Waals surface area contributed by atoms with Gasteiger partial charge in [0.1, 0.15) is 11.6 Å². The maximum Gasteiger partial charge on any atom is 0.125 e. The highest BCUT2D eigenvalue weighted by molar-refractivity contribution is 5.46. The van der Waals surface area contributed by atoms with Crippen LogP contribution in [0.2, 0.25) is 0 Å². The molecule has 1 atom stereocenters. The first-order valence-electron chi connectivity index (χ1n) is 6.82. The predicted molar refractivity (Wildman–Crippen MR) is 80.7 cm³/mol. The maximum atomic E-state index is 13.2. The zero-order valence-corrected chi connectivity index (χ0v) is 11.9. The van der Waals surface area contributed by atoms with Gasteiger partial charge in [0.05, 0.1) is 0 Å². The molecule has 2 aromatic rings. The Hall–Kier alpha value is -2.03. The molecule has 0 heterocycles. The van der Waals surface area contributed by atoms with Gasteiger partial charge in [-0.05, 0) is 55.7 Å². The van der Waals surface area contributed by atoms with Crippen LogP contribution in [0.4, 0.5) is 10.1 Å². The van der Waals surface area contributed by atoms with Crippen LogP contribution in [0, 0.1) is 5.82 Å². The number of nitrogens with zero attached hydrogens (tertiary/aromatic N) is 1. The molecule has 0 aliphatic carbocycles. The summed E-state index contributed by atoms with van der Waals surface area (Å²) in [5.74, 6) is 0.0822. The standard InChI is InChI=1S/C17H20FNO/c1-13(6-7-14-8-10-17(20)11-9-14)19(2)16-5-3-4-15(18)12-16/h3-5,8-13,20H,6-7H2,1-2H3. The minimum absolute atomic E-state index is 0.208. The Morgan fingerprint density at radius 1 is 1.15 bits per heavy atom. The molecule has 0 spiro atoms. The molecule has 0 saturated heterocycles. The Morgan fingerprint density at radius 2 is 1.85 bits per heavy atom. The molecule has 2 aromatic carbocycles. The van der Waals surface area contributed by atoms with Crippen molar-refractivity contribution in [2.45, 2.75) is 25.8 Å². The third-order valence-electron chi connectivity index (χ3n) is 3.66. The van der Waals surface area contributed by atoms with E-state index in [1.807, 2.05) is 25.2 Å². The van der Waals surface area contributed by atoms with Crippen molar-refractivity contribution in [1.29, 1.82) is 0 Å². The Bertz CT molecular complexity index is 553. The fourth-order valence-electron chi connectivity index (χ4n) is 2.18. The quantitative estimate of drug-likeness (QED) is 0.890. The molecule has 0 bridgehead atoms. The predicted octanol–water partition coefficient (Wildman–Crippen LogP) is 3.99. The van der Waals surface area contributed by atoms with Crippen LogP contribution in [-0.2, 0) is 6.42 Å². The van der Waals surface area contributed by atoms with E-state index in [0.717, 1.165) is 18.5 Å². The second kappa shape index (κ2) is 6.42. The van der Waals surface area contributed by atoms with Gasteiger partial charge in [-0.1, -0.05) is 18.2 Å². The molecular weight excluding hydrogens is 253 g/mol. The second-order valence-electron chi connectivity index (χ2n) is 5.14. The smallest absolute Gasteiger partial charge is 0.125 e. The summed E-state index contributed by atoms with van der Waals surface area (Å²) >= 11 is 0. The number of aromatic hydroxyl groups is 1. The number of phenols is 1. The molecule has 0 aliphatic heterocycles. The summed E-state index contributed by atoms with van der Waals surface area (Å²) in [5.41, 5.74) is 2.09. The van der Waals surface area contributed by atoms with Gasteiger partial charge in [0, 0.05) is 18.8 Å². The summed E-state index contributed by atoms with van der Waals surface area (Å²) in [6, 6.07) is 14.2. The van der Waals surface area contributed by atoms with E-state index in [0.29, 0.717) is 11.8 Å². The van der Waals surface area contributed by atoms with Gasteiger partial charge in [-0.15, -0.1) is 0 Å². The number of hydrogen-bond donors (Lipinski definition) is 1. The van der Waals surface area contributed by atoms with Crippen molar-refractivity contribution in [3.8, 4) is 5.75 Å². The van der Waals surface area contributed by atoms with Crippen molar-refractivity contribution >= 4 is 5.69 Å². The van der Waals surface area contributed by atoms with Crippen LogP contribution in [0.5, 0.6) is 5.75 Å². The molecule has 2 nitrogen and oxygen atoms in total. The first-order valence-corrected chi connectivity index (χ1v) is 6.82. The summed E-state index contributed by atoms with van der Waals surface area (Å²) in [6.07, 6.45) is 1.90. The second-order valence-corrected chi connectivity index (χ2v) is 5.14. The highest BCUT2D eigenvalue weighted by Crippen LogP contribution is 2.19. The average molecular weight is 273 g/mol. The molecule has 0 aromatic heterocycles. The van der Waals surface area contributed by atoms with Gasteiger partial charge in [-0.3, -0.25) is 0 Å². The molecule has 2 rings (SSSR count). The first kappa shape index (κ1) is 14.4. The first-order chi connectivity index (χ1) is 9.56. The van der Waals surface area contributed by atoms with Gasteiger partial charge in [0.15, 0.2) is 0 Å². The Balaban J connectivity index is 1.94. The van der Waals surface area contributed by atoms with Crippen molar-refractivity contribution in [3.63, 3.8) is 0 Å². The SMILES string of the molecule is CC(CCc1ccc(O)cc1)N(C)c1cccc(F)c1. The van der Waals surface area contributed by atoms with Crippen molar-refractivity contribution in [2.75, 3.05) is 11.9 Å². The third kappa shape index (κ3) is 3.73. The highest BCUT2D eigenvalue weighted by atomic mass is 19.1. The Kier molecular flexibility index (Phi) is 4.61. The summed E-state index contributed by atoms with van der Waals surface area (Å²) in [6.45, 7) is 2.13. The summed E-state index contributed by atoms with van der Waals surface area (Å²) in [5, 5.41) is 9.25. The zero-order valence-electron chi connectivity index (χ0n) is 11.9. The Labute approximate surface area is 119 Å². The number of halogens is 1. The van der Waals surface area contributed by atoms with E-state index in [1.165, 1.54) is 11.6 Å². The summed E-state index contributed by atoms with van der Waals surface area (Å²) in [7, 11) is 1.98. The van der Waals surface area contributed by atoms with Crippen LogP contribution in [0.15, 0.2) is 48.5 Å². The normalized spacial score (nSPS) is 12.2. The van der Waals surface area contributed by atoms with Gasteiger partial charge in [0.25, 0.3) is 0 Å². The number of rotatable bonds is 5. The van der Waals surface area contributed by atoms with Crippen LogP contribution < -0.4 is 4.90 Å². The van der Waals surface area contributed by atoms with Crippen LogP contribution in [-0.4, -0.2) is 18.2 Å². The lowest BCUT2D eigenvalue weighted by molar-refractivity contribution is 0.475. The minimum Gasteiger partial charge on any atom is -0.508 e. The Morgan fingerprint density at radius 3 is 2.50 bits per heavy atom. The maximum absolute atomic E-state index is 13.2. The van der Waals surface area contributed by atoms with E-state index in [9.17, 15) is 9.50 Å². The molecule has 0 amide bonds. The third-order valence-corrected chi connectivity index (χ3v) is 3.66. The van der Waals surface area contributed by atoms with Gasteiger partial charge in [-0.25, -0.2) is 4.39 Å². The molecule has 106 valence electrons. The lowest BCUT2D eigenvalue weighted by Gasteiger charge is -2.27. The molecule has 0 saturated carbocycles. The number of anilines is 1. The van der Waals surface area contributed by atoms with Crippen molar-refractivity contribution in [2.24, 2.45) is 0 Å². The van der Waals surface area contributed by atoms with Crippen LogP contribution >= 0.6 is 0 Å². The van der Waals surface area contributed by atoms with E-state index in [2.05, 4.69) is 11.8 Å². The van der Waals surface area contributed by atoms with E-state index < -0.39 is 0 Å². The number of aryl methyl sites for hydroxylation is 1.